The van der Waals surface area contributed by atoms with E-state index in [0.717, 1.165) is 24.3 Å². The maximum Gasteiger partial charge on any atom is 0.416 e. The number of carboxylic acids is 1. The highest BCUT2D eigenvalue weighted by Crippen LogP contribution is 2.29. The second-order valence-electron chi connectivity index (χ2n) is 6.30. The van der Waals surface area contributed by atoms with Gasteiger partial charge < -0.3 is 10.4 Å². The summed E-state index contributed by atoms with van der Waals surface area (Å²) in [6, 6.07) is 9.87. The Bertz CT molecular complexity index is 819. The molecule has 0 radical (unpaired) electrons. The molecule has 0 saturated carbocycles. The van der Waals surface area contributed by atoms with Crippen LogP contribution in [0.1, 0.15) is 35.4 Å². The fourth-order valence-corrected chi connectivity index (χ4v) is 2.70. The van der Waals surface area contributed by atoms with Gasteiger partial charge in [-0.05, 0) is 42.2 Å². The van der Waals surface area contributed by atoms with E-state index in [1.807, 2.05) is 0 Å². The molecule has 0 aromatic heterocycles. The van der Waals surface area contributed by atoms with Crippen molar-refractivity contribution in [2.75, 3.05) is 6.54 Å². The summed E-state index contributed by atoms with van der Waals surface area (Å²) in [5, 5.41) is 11.8. The van der Waals surface area contributed by atoms with Crippen LogP contribution in [0.2, 0.25) is 0 Å². The summed E-state index contributed by atoms with van der Waals surface area (Å²) in [6.45, 7) is -0.163. The molecule has 2 aromatic carbocycles. The number of alkyl halides is 3. The Hall–Kier alpha value is -2.90. The fourth-order valence-electron chi connectivity index (χ4n) is 2.70. The molecule has 1 atom stereocenters. The molecule has 0 fully saturated rings. The van der Waals surface area contributed by atoms with Gasteiger partial charge >= 0.3 is 12.1 Å². The highest BCUT2D eigenvalue weighted by Gasteiger charge is 2.30. The number of nitrogens with one attached hydrogen (secondary N) is 1. The predicted molar refractivity (Wildman–Crippen MR) is 94.2 cm³/mol. The molecule has 0 bridgehead atoms. The van der Waals surface area contributed by atoms with Gasteiger partial charge in [-0.3, -0.25) is 9.59 Å². The lowest BCUT2D eigenvalue weighted by Crippen LogP contribution is -2.31. The first-order chi connectivity index (χ1) is 13.2. The van der Waals surface area contributed by atoms with E-state index in [9.17, 15) is 32.3 Å². The van der Waals surface area contributed by atoms with Crippen LogP contribution in [0.15, 0.2) is 48.5 Å². The topological polar surface area (TPSA) is 66.4 Å². The Kier molecular flexibility index (Phi) is 7.14. The first kappa shape index (κ1) is 21.4. The third-order valence-corrected chi connectivity index (χ3v) is 4.20. The van der Waals surface area contributed by atoms with Crippen molar-refractivity contribution in [2.45, 2.75) is 31.4 Å². The number of halogens is 4. The number of rotatable bonds is 8. The number of hydrogen-bond acceptors (Lipinski definition) is 2. The minimum absolute atomic E-state index is 0.0476. The van der Waals surface area contributed by atoms with Crippen LogP contribution < -0.4 is 5.32 Å². The van der Waals surface area contributed by atoms with Crippen LogP contribution in [0.4, 0.5) is 17.6 Å². The van der Waals surface area contributed by atoms with Crippen molar-refractivity contribution in [3.05, 3.63) is 71.0 Å². The maximum absolute atomic E-state index is 13.0. The molecule has 0 heterocycles. The van der Waals surface area contributed by atoms with E-state index in [1.54, 1.807) is 6.07 Å². The van der Waals surface area contributed by atoms with E-state index in [4.69, 9.17) is 0 Å². The van der Waals surface area contributed by atoms with Gasteiger partial charge in [-0.25, -0.2) is 4.39 Å². The van der Waals surface area contributed by atoms with E-state index in [2.05, 4.69) is 5.32 Å². The Labute approximate surface area is 159 Å². The molecular formula is C20H19F4NO3. The first-order valence-electron chi connectivity index (χ1n) is 8.58. The molecule has 8 heteroatoms. The summed E-state index contributed by atoms with van der Waals surface area (Å²) < 4.78 is 51.0. The van der Waals surface area contributed by atoms with Gasteiger partial charge in [0.05, 0.1) is 11.5 Å². The van der Waals surface area contributed by atoms with Crippen LogP contribution in [-0.4, -0.2) is 23.5 Å². The van der Waals surface area contributed by atoms with Crippen LogP contribution in [0, 0.1) is 5.82 Å². The van der Waals surface area contributed by atoms with Crippen LogP contribution in [-0.2, 0) is 22.2 Å². The van der Waals surface area contributed by atoms with Gasteiger partial charge in [0, 0.05) is 13.0 Å². The second kappa shape index (κ2) is 9.34. The molecule has 0 aliphatic carbocycles. The van der Waals surface area contributed by atoms with Crippen LogP contribution in [0.5, 0.6) is 0 Å². The molecule has 0 spiro atoms. The van der Waals surface area contributed by atoms with Crippen molar-refractivity contribution < 1.29 is 32.3 Å². The molecule has 0 saturated heterocycles. The van der Waals surface area contributed by atoms with Crippen molar-refractivity contribution in [3.8, 4) is 0 Å². The van der Waals surface area contributed by atoms with Gasteiger partial charge in [0.1, 0.15) is 5.82 Å². The number of hydrogen-bond donors (Lipinski definition) is 2. The van der Waals surface area contributed by atoms with Crippen molar-refractivity contribution in [3.63, 3.8) is 0 Å². The highest BCUT2D eigenvalue weighted by atomic mass is 19.4. The third-order valence-electron chi connectivity index (χ3n) is 4.20. The molecule has 150 valence electrons. The van der Waals surface area contributed by atoms with E-state index in [-0.39, 0.29) is 19.4 Å². The van der Waals surface area contributed by atoms with Crippen LogP contribution in [0.25, 0.3) is 0 Å². The average molecular weight is 397 g/mol. The minimum atomic E-state index is -4.42. The molecule has 1 amide bonds. The highest BCUT2D eigenvalue weighted by molar-refractivity contribution is 5.79. The summed E-state index contributed by atoms with van der Waals surface area (Å²) in [4.78, 5) is 23.3. The Morgan fingerprint density at radius 2 is 1.75 bits per heavy atom. The first-order valence-corrected chi connectivity index (χ1v) is 8.58. The molecule has 2 aromatic rings. The molecule has 28 heavy (non-hydrogen) atoms. The van der Waals surface area contributed by atoms with Gasteiger partial charge in [0.2, 0.25) is 5.91 Å². The largest absolute Gasteiger partial charge is 0.481 e. The lowest BCUT2D eigenvalue weighted by Gasteiger charge is -2.14. The minimum Gasteiger partial charge on any atom is -0.481 e. The fraction of sp³-hybridized carbons (Fsp3) is 0.300. The third kappa shape index (κ3) is 6.37. The summed E-state index contributed by atoms with van der Waals surface area (Å²) in [5.74, 6) is -3.07. The van der Waals surface area contributed by atoms with E-state index < -0.39 is 35.4 Å². The lowest BCUT2D eigenvalue weighted by molar-refractivity contribution is -0.139. The zero-order chi connectivity index (χ0) is 20.7. The molecule has 0 aliphatic heterocycles. The number of carbonyl (C=O) groups excluding carboxylic acids is 1. The van der Waals surface area contributed by atoms with E-state index in [1.165, 1.54) is 18.2 Å². The number of carboxylic acid groups (broad SMARTS) is 1. The summed E-state index contributed by atoms with van der Waals surface area (Å²) in [7, 11) is 0. The predicted octanol–water partition coefficient (Wildman–Crippen LogP) is 4.15. The van der Waals surface area contributed by atoms with Crippen LogP contribution in [0.3, 0.4) is 0 Å². The number of benzene rings is 2. The smallest absolute Gasteiger partial charge is 0.416 e. The standard InChI is InChI=1S/C20H19F4NO3/c21-16-9-7-14(8-10-16)17(19(27)28)12-25-18(26)6-2-4-13-3-1-5-15(11-13)20(22,23)24/h1,3,5,7-11,17H,2,4,6,12H2,(H,25,26)(H,27,28). The lowest BCUT2D eigenvalue weighted by atomic mass is 9.99. The van der Waals surface area contributed by atoms with Crippen LogP contribution >= 0.6 is 0 Å². The zero-order valence-corrected chi connectivity index (χ0v) is 14.8. The molecule has 2 rings (SSSR count). The number of aryl methyl sites for hydroxylation is 1. The number of amides is 1. The van der Waals surface area contributed by atoms with E-state index >= 15 is 0 Å². The molecule has 2 N–H and O–H groups in total. The van der Waals surface area contributed by atoms with Crippen molar-refractivity contribution >= 4 is 11.9 Å². The van der Waals surface area contributed by atoms with Crippen molar-refractivity contribution in [2.24, 2.45) is 0 Å². The molecule has 0 aliphatic rings. The number of carbonyl (C=O) groups is 2. The quantitative estimate of drug-likeness (QED) is 0.658. The Morgan fingerprint density at radius 1 is 1.07 bits per heavy atom. The number of aliphatic carboxylic acids is 1. The van der Waals surface area contributed by atoms with E-state index in [0.29, 0.717) is 17.5 Å². The normalized spacial score (nSPS) is 12.4. The Morgan fingerprint density at radius 3 is 2.36 bits per heavy atom. The summed E-state index contributed by atoms with van der Waals surface area (Å²) in [5.41, 5.74) is 0.0913. The van der Waals surface area contributed by atoms with Gasteiger partial charge in [-0.15, -0.1) is 0 Å². The van der Waals surface area contributed by atoms with Gasteiger partial charge in [0.25, 0.3) is 0 Å². The average Bonchev–Trinajstić information content (AvgIpc) is 2.62. The molecule has 4 nitrogen and oxygen atoms in total. The summed E-state index contributed by atoms with van der Waals surface area (Å²) in [6.07, 6.45) is -3.76. The molecular weight excluding hydrogens is 378 g/mol. The van der Waals surface area contributed by atoms with Gasteiger partial charge in [-0.2, -0.15) is 13.2 Å². The SMILES string of the molecule is O=C(CCCc1cccc(C(F)(F)F)c1)NCC(C(=O)O)c1ccc(F)cc1. The Balaban J connectivity index is 1.83. The maximum atomic E-state index is 13.0. The van der Waals surface area contributed by atoms with Gasteiger partial charge in [0.15, 0.2) is 0 Å². The monoisotopic (exact) mass is 397 g/mol. The van der Waals surface area contributed by atoms with Crippen molar-refractivity contribution in [1.29, 1.82) is 0 Å². The van der Waals surface area contributed by atoms with Gasteiger partial charge in [-0.1, -0.05) is 30.3 Å². The molecule has 1 unspecified atom stereocenters. The second-order valence-corrected chi connectivity index (χ2v) is 6.30. The zero-order valence-electron chi connectivity index (χ0n) is 14.8. The summed E-state index contributed by atoms with van der Waals surface area (Å²) >= 11 is 0. The van der Waals surface area contributed by atoms with Crippen molar-refractivity contribution in [1.82, 2.24) is 5.32 Å².